The lowest BCUT2D eigenvalue weighted by atomic mass is 9.94. The van der Waals surface area contributed by atoms with E-state index >= 15 is 0 Å². The van der Waals surface area contributed by atoms with Crippen molar-refractivity contribution >= 4 is 0 Å². The lowest BCUT2D eigenvalue weighted by Crippen LogP contribution is -2.49. The second-order valence-corrected chi connectivity index (χ2v) is 5.51. The topological polar surface area (TPSA) is 29.3 Å². The third-order valence-electron chi connectivity index (χ3n) is 4.17. The fourth-order valence-electron chi connectivity index (χ4n) is 3.13. The van der Waals surface area contributed by atoms with Crippen molar-refractivity contribution in [1.29, 1.82) is 0 Å². The van der Waals surface area contributed by atoms with Gasteiger partial charge in [0, 0.05) is 18.6 Å². The lowest BCUT2D eigenvalue weighted by molar-refractivity contribution is 0.108. The Kier molecular flexibility index (Phi) is 6.37. The van der Waals surface area contributed by atoms with Crippen LogP contribution in [0.2, 0.25) is 0 Å². The summed E-state index contributed by atoms with van der Waals surface area (Å²) in [6.45, 7) is 9.11. The molecular weight excluding hydrogens is 196 g/mol. The van der Waals surface area contributed by atoms with Gasteiger partial charge in [-0.1, -0.05) is 33.1 Å². The molecule has 0 amide bonds. The van der Waals surface area contributed by atoms with Gasteiger partial charge in [-0.2, -0.15) is 0 Å². The van der Waals surface area contributed by atoms with Crippen LogP contribution in [0, 0.1) is 5.92 Å². The van der Waals surface area contributed by atoms with Gasteiger partial charge in [-0.15, -0.1) is 0 Å². The first-order valence-corrected chi connectivity index (χ1v) is 7.16. The minimum Gasteiger partial charge on any atom is -0.329 e. The van der Waals surface area contributed by atoms with E-state index < -0.39 is 0 Å². The van der Waals surface area contributed by atoms with Crippen molar-refractivity contribution in [2.75, 3.05) is 13.1 Å². The largest absolute Gasteiger partial charge is 0.329 e. The van der Waals surface area contributed by atoms with Crippen LogP contribution in [-0.4, -0.2) is 30.1 Å². The van der Waals surface area contributed by atoms with E-state index in [2.05, 4.69) is 25.7 Å². The van der Waals surface area contributed by atoms with Gasteiger partial charge in [0.05, 0.1) is 0 Å². The van der Waals surface area contributed by atoms with Crippen LogP contribution in [-0.2, 0) is 0 Å². The van der Waals surface area contributed by atoms with Crippen molar-refractivity contribution in [3.8, 4) is 0 Å². The maximum absolute atomic E-state index is 6.01. The van der Waals surface area contributed by atoms with E-state index in [9.17, 15) is 0 Å². The minimum absolute atomic E-state index is 0.605. The van der Waals surface area contributed by atoms with Gasteiger partial charge >= 0.3 is 0 Å². The van der Waals surface area contributed by atoms with Crippen molar-refractivity contribution in [2.45, 2.75) is 71.4 Å². The Morgan fingerprint density at radius 1 is 1.31 bits per heavy atom. The number of hydrogen-bond acceptors (Lipinski definition) is 2. The number of nitrogens with two attached hydrogens (primary N) is 1. The Hall–Kier alpha value is -0.0800. The summed E-state index contributed by atoms with van der Waals surface area (Å²) in [6, 6.07) is 1.34. The van der Waals surface area contributed by atoms with Gasteiger partial charge in [-0.05, 0) is 38.6 Å². The molecule has 1 aliphatic rings. The van der Waals surface area contributed by atoms with Crippen LogP contribution in [0.4, 0.5) is 0 Å². The average molecular weight is 226 g/mol. The molecule has 1 fully saturated rings. The lowest BCUT2D eigenvalue weighted by Gasteiger charge is -2.38. The number of hydrogen-bond donors (Lipinski definition) is 1. The zero-order valence-corrected chi connectivity index (χ0v) is 11.4. The van der Waals surface area contributed by atoms with E-state index in [0.717, 1.165) is 18.5 Å². The summed E-state index contributed by atoms with van der Waals surface area (Å²) in [5.74, 6) is 0.746. The summed E-state index contributed by atoms with van der Waals surface area (Å²) in [6.07, 6.45) is 8.11. The highest BCUT2D eigenvalue weighted by Gasteiger charge is 2.27. The molecule has 1 aliphatic heterocycles. The first-order valence-electron chi connectivity index (χ1n) is 7.16. The van der Waals surface area contributed by atoms with Crippen molar-refractivity contribution in [2.24, 2.45) is 11.7 Å². The highest BCUT2D eigenvalue weighted by atomic mass is 15.2. The van der Waals surface area contributed by atoms with Crippen LogP contribution in [0.5, 0.6) is 0 Å². The molecule has 2 nitrogen and oxygen atoms in total. The van der Waals surface area contributed by atoms with Crippen LogP contribution in [0.3, 0.4) is 0 Å². The first kappa shape index (κ1) is 14.0. The average Bonchev–Trinajstić information content (AvgIpc) is 2.46. The van der Waals surface area contributed by atoms with Gasteiger partial charge in [0.1, 0.15) is 0 Å². The Bertz CT molecular complexity index is 182. The Morgan fingerprint density at radius 2 is 2.06 bits per heavy atom. The Labute approximate surface area is 102 Å². The molecule has 0 spiro atoms. The number of rotatable bonds is 5. The molecule has 0 saturated carbocycles. The maximum atomic E-state index is 6.01. The van der Waals surface area contributed by atoms with Crippen LogP contribution < -0.4 is 5.73 Å². The SMILES string of the molecule is CCCC(C)C(CN)N1CCCCCC1C. The molecule has 0 aromatic heterocycles. The molecule has 3 unspecified atom stereocenters. The molecule has 3 atom stereocenters. The fourth-order valence-corrected chi connectivity index (χ4v) is 3.13. The minimum atomic E-state index is 0.605. The molecule has 2 heteroatoms. The normalized spacial score (nSPS) is 27.4. The summed E-state index contributed by atoms with van der Waals surface area (Å²) in [5.41, 5.74) is 6.01. The van der Waals surface area contributed by atoms with E-state index in [0.29, 0.717) is 6.04 Å². The van der Waals surface area contributed by atoms with Gasteiger partial charge < -0.3 is 5.73 Å². The highest BCUT2D eigenvalue weighted by molar-refractivity contribution is 4.83. The summed E-state index contributed by atoms with van der Waals surface area (Å²) in [7, 11) is 0. The van der Waals surface area contributed by atoms with E-state index in [1.165, 1.54) is 45.1 Å². The smallest absolute Gasteiger partial charge is 0.0246 e. The summed E-state index contributed by atoms with van der Waals surface area (Å²) < 4.78 is 0. The monoisotopic (exact) mass is 226 g/mol. The summed E-state index contributed by atoms with van der Waals surface area (Å²) in [5, 5.41) is 0. The molecule has 0 aliphatic carbocycles. The van der Waals surface area contributed by atoms with Gasteiger partial charge in [0.25, 0.3) is 0 Å². The quantitative estimate of drug-likeness (QED) is 0.781. The van der Waals surface area contributed by atoms with Crippen molar-refractivity contribution < 1.29 is 0 Å². The molecule has 1 heterocycles. The molecule has 2 N–H and O–H groups in total. The summed E-state index contributed by atoms with van der Waals surface area (Å²) in [4.78, 5) is 2.69. The predicted octanol–water partition coefficient (Wildman–Crippen LogP) is 3.01. The first-order chi connectivity index (χ1) is 7.70. The van der Waals surface area contributed by atoms with Gasteiger partial charge in [-0.25, -0.2) is 0 Å². The molecular formula is C14H30N2. The molecule has 1 rings (SSSR count). The van der Waals surface area contributed by atoms with Crippen LogP contribution >= 0.6 is 0 Å². The van der Waals surface area contributed by atoms with Crippen molar-refractivity contribution in [3.05, 3.63) is 0 Å². The van der Waals surface area contributed by atoms with Gasteiger partial charge in [0.15, 0.2) is 0 Å². The van der Waals surface area contributed by atoms with Crippen LogP contribution in [0.15, 0.2) is 0 Å². The number of nitrogens with zero attached hydrogens (tertiary/aromatic N) is 1. The Morgan fingerprint density at radius 3 is 2.69 bits per heavy atom. The molecule has 0 aromatic carbocycles. The van der Waals surface area contributed by atoms with E-state index in [1.54, 1.807) is 0 Å². The predicted molar refractivity (Wildman–Crippen MR) is 71.6 cm³/mol. The van der Waals surface area contributed by atoms with Gasteiger partial charge in [0.2, 0.25) is 0 Å². The second-order valence-electron chi connectivity index (χ2n) is 5.51. The Balaban J connectivity index is 2.60. The fraction of sp³-hybridized carbons (Fsp3) is 1.00. The summed E-state index contributed by atoms with van der Waals surface area (Å²) >= 11 is 0. The van der Waals surface area contributed by atoms with E-state index in [1.807, 2.05) is 0 Å². The molecule has 16 heavy (non-hydrogen) atoms. The van der Waals surface area contributed by atoms with Crippen molar-refractivity contribution in [3.63, 3.8) is 0 Å². The zero-order valence-electron chi connectivity index (χ0n) is 11.4. The van der Waals surface area contributed by atoms with E-state index in [4.69, 9.17) is 5.73 Å². The molecule has 0 radical (unpaired) electrons. The van der Waals surface area contributed by atoms with Crippen LogP contribution in [0.25, 0.3) is 0 Å². The molecule has 0 bridgehead atoms. The van der Waals surface area contributed by atoms with Gasteiger partial charge in [-0.3, -0.25) is 4.90 Å². The van der Waals surface area contributed by atoms with E-state index in [-0.39, 0.29) is 0 Å². The molecule has 0 aromatic rings. The van der Waals surface area contributed by atoms with Crippen molar-refractivity contribution in [1.82, 2.24) is 4.90 Å². The molecule has 96 valence electrons. The standard InChI is InChI=1S/C14H30N2/c1-4-8-12(2)14(11-15)16-10-7-5-6-9-13(16)3/h12-14H,4-11,15H2,1-3H3. The third kappa shape index (κ3) is 3.74. The highest BCUT2D eigenvalue weighted by Crippen LogP contribution is 2.23. The maximum Gasteiger partial charge on any atom is 0.0246 e. The van der Waals surface area contributed by atoms with Crippen LogP contribution in [0.1, 0.15) is 59.3 Å². The third-order valence-corrected chi connectivity index (χ3v) is 4.17. The zero-order chi connectivity index (χ0) is 12.0. The second kappa shape index (κ2) is 7.29. The molecule has 1 saturated heterocycles. The number of likely N-dealkylation sites (tertiary alicyclic amines) is 1.